The lowest BCUT2D eigenvalue weighted by atomic mass is 9.67. The Bertz CT molecular complexity index is 1200. The molecule has 0 saturated heterocycles. The summed E-state index contributed by atoms with van der Waals surface area (Å²) in [5, 5.41) is 0. The van der Waals surface area contributed by atoms with E-state index in [1.807, 2.05) is 39.8 Å². The summed E-state index contributed by atoms with van der Waals surface area (Å²) in [4.78, 5) is 27.9. The molecule has 0 spiro atoms. The lowest BCUT2D eigenvalue weighted by Crippen LogP contribution is -2.48. The summed E-state index contributed by atoms with van der Waals surface area (Å²) >= 11 is 0. The van der Waals surface area contributed by atoms with E-state index in [2.05, 4.69) is 0 Å². The van der Waals surface area contributed by atoms with E-state index in [0.717, 1.165) is 11.1 Å². The van der Waals surface area contributed by atoms with Crippen LogP contribution in [0.2, 0.25) is 0 Å². The molecule has 1 aromatic carbocycles. The smallest absolute Gasteiger partial charge is 0.231 e. The van der Waals surface area contributed by atoms with Crippen molar-refractivity contribution in [2.75, 3.05) is 20.5 Å². The molecular weight excluding hydrogens is 448 g/mol. The molecule has 4 aliphatic rings. The maximum absolute atomic E-state index is 14.1. The van der Waals surface area contributed by atoms with Crippen LogP contribution in [0.15, 0.2) is 58.6 Å². The number of carbonyl (C=O) groups is 2. The van der Waals surface area contributed by atoms with Crippen molar-refractivity contribution >= 4 is 11.6 Å². The van der Waals surface area contributed by atoms with Crippen LogP contribution in [0.3, 0.4) is 0 Å². The quantitative estimate of drug-likeness (QED) is 0.556. The van der Waals surface area contributed by atoms with Crippen molar-refractivity contribution in [1.82, 2.24) is 0 Å². The highest BCUT2D eigenvalue weighted by molar-refractivity contribution is 6.12. The van der Waals surface area contributed by atoms with Gasteiger partial charge in [-0.15, -0.1) is 0 Å². The summed E-state index contributed by atoms with van der Waals surface area (Å²) in [6.45, 7) is 8.28. The second-order valence-electron chi connectivity index (χ2n) is 9.89. The maximum atomic E-state index is 14.1. The highest BCUT2D eigenvalue weighted by Gasteiger charge is 2.55. The van der Waals surface area contributed by atoms with Crippen LogP contribution in [0.4, 0.5) is 0 Å². The lowest BCUT2D eigenvalue weighted by Gasteiger charge is -2.44. The number of rotatable bonds is 5. The van der Waals surface area contributed by atoms with Gasteiger partial charge in [-0.1, -0.05) is 23.3 Å². The Morgan fingerprint density at radius 2 is 1.66 bits per heavy atom. The van der Waals surface area contributed by atoms with Gasteiger partial charge in [0, 0.05) is 11.6 Å². The minimum atomic E-state index is -1.07. The molecule has 0 amide bonds. The molecule has 0 unspecified atom stereocenters. The normalized spacial score (nSPS) is 23.2. The SMILES string of the molecule is COC1=CC2=C(O[C@H]3COc4cc5c(cc4[C@H]3C2=O)OCO5)C(CC=C(C)C)(CC=C(C)C)C1=O. The molecule has 0 bridgehead atoms. The zero-order valence-corrected chi connectivity index (χ0v) is 20.7. The fraction of sp³-hybridized carbons (Fsp3) is 0.429. The molecular formula is C28H30O7. The van der Waals surface area contributed by atoms with Gasteiger partial charge >= 0.3 is 0 Å². The first-order valence-corrected chi connectivity index (χ1v) is 11.8. The van der Waals surface area contributed by atoms with Crippen molar-refractivity contribution in [3.05, 3.63) is 64.2 Å². The molecule has 0 fully saturated rings. The van der Waals surface area contributed by atoms with Gasteiger partial charge in [0.25, 0.3) is 0 Å². The van der Waals surface area contributed by atoms with E-state index in [1.165, 1.54) is 7.11 Å². The Balaban J connectivity index is 1.66. The van der Waals surface area contributed by atoms with Gasteiger partial charge in [0.2, 0.25) is 12.6 Å². The van der Waals surface area contributed by atoms with E-state index in [1.54, 1.807) is 18.2 Å². The van der Waals surface area contributed by atoms with E-state index in [-0.39, 0.29) is 30.7 Å². The second-order valence-corrected chi connectivity index (χ2v) is 9.89. The first kappa shape index (κ1) is 23.3. The summed E-state index contributed by atoms with van der Waals surface area (Å²) in [7, 11) is 1.46. The maximum Gasteiger partial charge on any atom is 0.231 e. The molecule has 3 heterocycles. The summed E-state index contributed by atoms with van der Waals surface area (Å²) in [6, 6.07) is 3.57. The Hall–Kier alpha value is -3.48. The standard InChI is InChI=1S/C28H30O7/c1-15(2)6-8-28(9-7-16(3)4)26(30)22(31-5)11-18-25(29)24-17-10-20-21(34-14-33-20)12-19(17)32-13-23(24)35-27(18)28/h6-7,10-12,23-24H,8-9,13-14H2,1-5H3/t23-,24+/m0/s1. The highest BCUT2D eigenvalue weighted by Crippen LogP contribution is 2.53. The van der Waals surface area contributed by atoms with Gasteiger partial charge in [0.1, 0.15) is 29.6 Å². The predicted octanol–water partition coefficient (Wildman–Crippen LogP) is 4.93. The van der Waals surface area contributed by atoms with Crippen LogP contribution < -0.4 is 14.2 Å². The van der Waals surface area contributed by atoms with E-state index < -0.39 is 17.4 Å². The van der Waals surface area contributed by atoms with Crippen molar-refractivity contribution in [2.45, 2.75) is 52.6 Å². The summed E-state index contributed by atoms with van der Waals surface area (Å²) in [5.74, 6) is 1.46. The minimum absolute atomic E-state index is 0.111. The summed E-state index contributed by atoms with van der Waals surface area (Å²) in [5.41, 5.74) is 2.18. The van der Waals surface area contributed by atoms with Crippen LogP contribution in [0.25, 0.3) is 0 Å². The van der Waals surface area contributed by atoms with E-state index in [0.29, 0.717) is 47.0 Å². The third-order valence-electron chi connectivity index (χ3n) is 6.98. The Labute approximate surface area is 205 Å². The fourth-order valence-electron chi connectivity index (χ4n) is 5.09. The molecule has 7 heteroatoms. The molecule has 1 aliphatic carbocycles. The molecule has 1 aromatic rings. The van der Waals surface area contributed by atoms with Crippen LogP contribution in [0, 0.1) is 5.41 Å². The van der Waals surface area contributed by atoms with Gasteiger partial charge in [-0.3, -0.25) is 9.59 Å². The number of benzene rings is 1. The molecule has 0 saturated carbocycles. The van der Waals surface area contributed by atoms with Gasteiger partial charge in [0.15, 0.2) is 23.0 Å². The van der Waals surface area contributed by atoms with Crippen molar-refractivity contribution in [3.63, 3.8) is 0 Å². The fourth-order valence-corrected chi connectivity index (χ4v) is 5.09. The van der Waals surface area contributed by atoms with Crippen molar-refractivity contribution in [2.24, 2.45) is 5.41 Å². The van der Waals surface area contributed by atoms with Crippen molar-refractivity contribution in [1.29, 1.82) is 0 Å². The predicted molar refractivity (Wildman–Crippen MR) is 128 cm³/mol. The zero-order chi connectivity index (χ0) is 24.9. The third-order valence-corrected chi connectivity index (χ3v) is 6.98. The number of methoxy groups -OCH3 is 1. The van der Waals surface area contributed by atoms with Crippen LogP contribution in [0.5, 0.6) is 17.2 Å². The topological polar surface area (TPSA) is 80.3 Å². The molecule has 0 N–H and O–H groups in total. The van der Waals surface area contributed by atoms with Crippen molar-refractivity contribution in [3.8, 4) is 17.2 Å². The Kier molecular flexibility index (Phi) is 5.74. The van der Waals surface area contributed by atoms with Crippen molar-refractivity contribution < 1.29 is 33.3 Å². The van der Waals surface area contributed by atoms with Gasteiger partial charge in [-0.2, -0.15) is 0 Å². The molecule has 7 nitrogen and oxygen atoms in total. The number of Topliss-reactive ketones (excluding diaryl/α,β-unsaturated/α-hetero) is 2. The first-order valence-electron chi connectivity index (χ1n) is 11.8. The van der Waals surface area contributed by atoms with Crippen LogP contribution in [0.1, 0.15) is 52.0 Å². The largest absolute Gasteiger partial charge is 0.493 e. The highest BCUT2D eigenvalue weighted by atomic mass is 16.7. The van der Waals surface area contributed by atoms with Crippen LogP contribution in [-0.2, 0) is 19.1 Å². The number of ketones is 2. The molecule has 0 aromatic heterocycles. The third kappa shape index (κ3) is 3.74. The number of hydrogen-bond acceptors (Lipinski definition) is 7. The van der Waals surface area contributed by atoms with Crippen LogP contribution >= 0.6 is 0 Å². The molecule has 0 radical (unpaired) electrons. The Morgan fingerprint density at radius 3 is 2.29 bits per heavy atom. The molecule has 35 heavy (non-hydrogen) atoms. The minimum Gasteiger partial charge on any atom is -0.493 e. The first-order chi connectivity index (χ1) is 16.7. The van der Waals surface area contributed by atoms with Gasteiger partial charge in [-0.25, -0.2) is 0 Å². The Morgan fingerprint density at radius 1 is 1.00 bits per heavy atom. The zero-order valence-electron chi connectivity index (χ0n) is 20.7. The average Bonchev–Trinajstić information content (AvgIpc) is 3.28. The number of fused-ring (bicyclic) bond motifs is 4. The molecule has 184 valence electrons. The molecule has 5 rings (SSSR count). The molecule has 2 atom stereocenters. The summed E-state index contributed by atoms with van der Waals surface area (Å²) < 4.78 is 29.1. The lowest BCUT2D eigenvalue weighted by molar-refractivity contribution is -0.133. The van der Waals surface area contributed by atoms with Gasteiger partial charge < -0.3 is 23.7 Å². The molecule has 3 aliphatic heterocycles. The van der Waals surface area contributed by atoms with Gasteiger partial charge in [-0.05, 0) is 52.7 Å². The average molecular weight is 479 g/mol. The number of hydrogen-bond donors (Lipinski definition) is 0. The summed E-state index contributed by atoms with van der Waals surface area (Å²) in [6.07, 6.45) is 5.83. The second kappa shape index (κ2) is 8.63. The number of allylic oxidation sites excluding steroid dienone is 8. The van der Waals surface area contributed by atoms with Crippen LogP contribution in [-0.4, -0.2) is 38.2 Å². The van der Waals surface area contributed by atoms with E-state index in [4.69, 9.17) is 23.7 Å². The van der Waals surface area contributed by atoms with E-state index >= 15 is 0 Å². The number of ether oxygens (including phenoxy) is 5. The number of carbonyl (C=O) groups excluding carboxylic acids is 2. The monoisotopic (exact) mass is 478 g/mol. The van der Waals surface area contributed by atoms with Gasteiger partial charge in [0.05, 0.1) is 18.6 Å². The van der Waals surface area contributed by atoms with E-state index in [9.17, 15) is 9.59 Å².